The van der Waals surface area contributed by atoms with E-state index >= 15 is 0 Å². The first-order valence-electron chi connectivity index (χ1n) is 2.86. The fraction of sp³-hybridized carbons (Fsp3) is 0.333. The zero-order chi connectivity index (χ0) is 9.72. The Kier molecular flexibility index (Phi) is 4.14. The molecule has 12 heavy (non-hydrogen) atoms. The zero-order valence-electron chi connectivity index (χ0n) is 6.20. The Labute approximate surface area is 73.2 Å². The van der Waals surface area contributed by atoms with E-state index in [-0.39, 0.29) is 0 Å². The molecule has 0 aromatic carbocycles. The summed E-state index contributed by atoms with van der Waals surface area (Å²) in [6.45, 7) is 0. The van der Waals surface area contributed by atoms with Gasteiger partial charge in [0, 0.05) is 0 Å². The van der Waals surface area contributed by atoms with Crippen molar-refractivity contribution >= 4 is 23.5 Å². The second kappa shape index (κ2) is 4.61. The molecule has 0 saturated heterocycles. The summed E-state index contributed by atoms with van der Waals surface area (Å²) < 4.78 is 4.17. The van der Waals surface area contributed by atoms with E-state index in [2.05, 4.69) is 4.74 Å². The van der Waals surface area contributed by atoms with E-state index in [0.717, 1.165) is 7.11 Å². The van der Waals surface area contributed by atoms with Gasteiger partial charge in [-0.05, 0) is 0 Å². The van der Waals surface area contributed by atoms with Crippen LogP contribution in [0.15, 0.2) is 10.8 Å². The number of aliphatic carboxylic acids is 1. The minimum Gasteiger partial charge on any atom is -0.510 e. The molecule has 0 unspecified atom stereocenters. The van der Waals surface area contributed by atoms with Gasteiger partial charge in [-0.2, -0.15) is 0 Å². The fourth-order valence-corrected chi connectivity index (χ4v) is 0.477. The average Bonchev–Trinajstić information content (AvgIpc) is 2.02. The molecule has 5 nitrogen and oxygen atoms in total. The topological polar surface area (TPSA) is 83.8 Å². The molecular formula is C6H7ClO5. The summed E-state index contributed by atoms with van der Waals surface area (Å²) in [6, 6.07) is 0. The number of carbonyl (C=O) groups excluding carboxylic acids is 1. The standard InChI is InChI=1S/C6H7ClO5/c1-12-4(9)2-3(8)5(7)6(10)11/h8H,2H2,1H3,(H,10,11)/b5-3+. The summed E-state index contributed by atoms with van der Waals surface area (Å²) in [5, 5.41) is 16.3. The molecule has 0 atom stereocenters. The molecule has 0 aliphatic heterocycles. The van der Waals surface area contributed by atoms with Crippen molar-refractivity contribution in [2.75, 3.05) is 7.11 Å². The number of hydrogen-bond acceptors (Lipinski definition) is 4. The second-order valence-electron chi connectivity index (χ2n) is 1.82. The predicted octanol–water partition coefficient (Wildman–Crippen LogP) is 0.642. The molecule has 0 aromatic heterocycles. The molecule has 0 spiro atoms. The van der Waals surface area contributed by atoms with Crippen LogP contribution < -0.4 is 0 Å². The number of carboxylic acids is 1. The van der Waals surface area contributed by atoms with Crippen LogP contribution in [0.2, 0.25) is 0 Å². The van der Waals surface area contributed by atoms with Gasteiger partial charge in [0.2, 0.25) is 0 Å². The Morgan fingerprint density at radius 2 is 1.92 bits per heavy atom. The average molecular weight is 195 g/mol. The number of carbonyl (C=O) groups is 2. The molecule has 0 radical (unpaired) electrons. The van der Waals surface area contributed by atoms with Crippen LogP contribution in [-0.2, 0) is 14.3 Å². The summed E-state index contributed by atoms with van der Waals surface area (Å²) in [4.78, 5) is 20.6. The van der Waals surface area contributed by atoms with Crippen molar-refractivity contribution in [3.8, 4) is 0 Å². The Hall–Kier alpha value is -1.23. The lowest BCUT2D eigenvalue weighted by Crippen LogP contribution is -2.05. The summed E-state index contributed by atoms with van der Waals surface area (Å²) >= 11 is 5.09. The molecule has 0 heterocycles. The van der Waals surface area contributed by atoms with Crippen LogP contribution in [0.3, 0.4) is 0 Å². The van der Waals surface area contributed by atoms with E-state index in [1.165, 1.54) is 0 Å². The van der Waals surface area contributed by atoms with Crippen LogP contribution in [-0.4, -0.2) is 29.3 Å². The Morgan fingerprint density at radius 1 is 1.42 bits per heavy atom. The van der Waals surface area contributed by atoms with Crippen LogP contribution in [0.5, 0.6) is 0 Å². The highest BCUT2D eigenvalue weighted by atomic mass is 35.5. The molecule has 0 aliphatic carbocycles. The van der Waals surface area contributed by atoms with Crippen LogP contribution >= 0.6 is 11.6 Å². The van der Waals surface area contributed by atoms with Crippen molar-refractivity contribution in [2.24, 2.45) is 0 Å². The SMILES string of the molecule is COC(=O)C/C(O)=C(\Cl)C(=O)O. The molecule has 0 rings (SSSR count). The number of aliphatic hydroxyl groups excluding tert-OH is 1. The molecule has 68 valence electrons. The van der Waals surface area contributed by atoms with Gasteiger partial charge < -0.3 is 14.9 Å². The molecule has 6 heteroatoms. The second-order valence-corrected chi connectivity index (χ2v) is 2.20. The van der Waals surface area contributed by atoms with E-state index in [9.17, 15) is 9.59 Å². The highest BCUT2D eigenvalue weighted by molar-refractivity contribution is 6.41. The number of methoxy groups -OCH3 is 1. The third-order valence-corrected chi connectivity index (χ3v) is 1.36. The zero-order valence-corrected chi connectivity index (χ0v) is 6.96. The quantitative estimate of drug-likeness (QED) is 0.391. The van der Waals surface area contributed by atoms with Crippen molar-refractivity contribution in [1.82, 2.24) is 0 Å². The summed E-state index contributed by atoms with van der Waals surface area (Å²) in [6.07, 6.45) is -0.540. The van der Waals surface area contributed by atoms with E-state index in [0.29, 0.717) is 0 Å². The molecule has 0 bridgehead atoms. The van der Waals surface area contributed by atoms with Crippen molar-refractivity contribution in [1.29, 1.82) is 0 Å². The number of aliphatic hydroxyl groups is 1. The number of esters is 1. The smallest absolute Gasteiger partial charge is 0.350 e. The van der Waals surface area contributed by atoms with Crippen LogP contribution in [0.4, 0.5) is 0 Å². The first-order chi connectivity index (χ1) is 5.49. The van der Waals surface area contributed by atoms with Gasteiger partial charge in [0.25, 0.3) is 0 Å². The molecule has 2 N–H and O–H groups in total. The van der Waals surface area contributed by atoms with Gasteiger partial charge in [-0.15, -0.1) is 0 Å². The highest BCUT2D eigenvalue weighted by Gasteiger charge is 2.14. The molecule has 0 saturated carbocycles. The molecule has 0 fully saturated rings. The van der Waals surface area contributed by atoms with Crippen LogP contribution in [0.1, 0.15) is 6.42 Å². The molecule has 0 amide bonds. The predicted molar refractivity (Wildman–Crippen MR) is 39.8 cm³/mol. The number of hydrogen-bond donors (Lipinski definition) is 2. The number of halogens is 1. The van der Waals surface area contributed by atoms with E-state index in [1.807, 2.05) is 0 Å². The largest absolute Gasteiger partial charge is 0.510 e. The minimum atomic E-state index is -1.49. The Balaban J connectivity index is 4.37. The Morgan fingerprint density at radius 3 is 2.25 bits per heavy atom. The fourth-order valence-electron chi connectivity index (χ4n) is 0.410. The van der Waals surface area contributed by atoms with Gasteiger partial charge in [-0.3, -0.25) is 4.79 Å². The van der Waals surface area contributed by atoms with Crippen LogP contribution in [0, 0.1) is 0 Å². The van der Waals surface area contributed by atoms with Crippen molar-refractivity contribution < 1.29 is 24.5 Å². The van der Waals surface area contributed by atoms with Gasteiger partial charge in [-0.25, -0.2) is 4.79 Å². The summed E-state index contributed by atoms with van der Waals surface area (Å²) in [5.74, 6) is -2.96. The van der Waals surface area contributed by atoms with E-state index in [1.54, 1.807) is 0 Å². The summed E-state index contributed by atoms with van der Waals surface area (Å²) in [5.41, 5.74) is 0. The van der Waals surface area contributed by atoms with Gasteiger partial charge in [-0.1, -0.05) is 11.6 Å². The van der Waals surface area contributed by atoms with Crippen molar-refractivity contribution in [2.45, 2.75) is 6.42 Å². The number of ether oxygens (including phenoxy) is 1. The Bertz CT molecular complexity index is 232. The third kappa shape index (κ3) is 3.25. The lowest BCUT2D eigenvalue weighted by atomic mass is 10.3. The lowest BCUT2D eigenvalue weighted by Gasteiger charge is -1.98. The van der Waals surface area contributed by atoms with Gasteiger partial charge in [0.15, 0.2) is 5.03 Å². The monoisotopic (exact) mass is 194 g/mol. The normalized spacial score (nSPS) is 11.8. The summed E-state index contributed by atoms with van der Waals surface area (Å²) in [7, 11) is 1.12. The van der Waals surface area contributed by atoms with E-state index < -0.39 is 29.2 Å². The van der Waals surface area contributed by atoms with Crippen LogP contribution in [0.25, 0.3) is 0 Å². The minimum absolute atomic E-state index is 0.540. The molecule has 0 aromatic rings. The van der Waals surface area contributed by atoms with Gasteiger partial charge in [0.05, 0.1) is 7.11 Å². The van der Waals surface area contributed by atoms with Gasteiger partial charge in [0.1, 0.15) is 12.2 Å². The third-order valence-electron chi connectivity index (χ3n) is 0.981. The van der Waals surface area contributed by atoms with Crippen molar-refractivity contribution in [3.63, 3.8) is 0 Å². The maximum atomic E-state index is 10.5. The maximum Gasteiger partial charge on any atom is 0.350 e. The highest BCUT2D eigenvalue weighted by Crippen LogP contribution is 2.10. The van der Waals surface area contributed by atoms with E-state index in [4.69, 9.17) is 21.8 Å². The maximum absolute atomic E-state index is 10.5. The first-order valence-corrected chi connectivity index (χ1v) is 3.24. The van der Waals surface area contributed by atoms with Gasteiger partial charge >= 0.3 is 11.9 Å². The molecule has 0 aliphatic rings. The number of rotatable bonds is 3. The van der Waals surface area contributed by atoms with Crippen molar-refractivity contribution in [3.05, 3.63) is 10.8 Å². The first kappa shape index (κ1) is 10.8. The number of carboxylic acid groups (broad SMARTS) is 1. The lowest BCUT2D eigenvalue weighted by molar-refractivity contribution is -0.140. The molecular weight excluding hydrogens is 188 g/mol.